The minimum Gasteiger partial charge on any atom is -0.395 e. The van der Waals surface area contributed by atoms with Gasteiger partial charge in [-0.2, -0.15) is 9.40 Å². The average Bonchev–Trinajstić information content (AvgIpc) is 2.66. The van der Waals surface area contributed by atoms with Crippen molar-refractivity contribution < 1.29 is 13.5 Å². The Bertz CT molecular complexity index is 385. The second kappa shape index (κ2) is 4.73. The zero-order valence-corrected chi connectivity index (χ0v) is 9.53. The molecule has 0 aliphatic rings. The fraction of sp³-hybridized carbons (Fsp3) is 0.625. The zero-order valence-electron chi connectivity index (χ0n) is 8.71. The van der Waals surface area contributed by atoms with Crippen molar-refractivity contribution in [1.82, 2.24) is 14.5 Å². The Kier molecular flexibility index (Phi) is 3.83. The maximum absolute atomic E-state index is 12.0. The summed E-state index contributed by atoms with van der Waals surface area (Å²) in [6.45, 7) is 3.40. The molecule has 86 valence electrons. The molecule has 1 heterocycles. The van der Waals surface area contributed by atoms with Crippen LogP contribution in [0.1, 0.15) is 13.8 Å². The van der Waals surface area contributed by atoms with Gasteiger partial charge in [0.1, 0.15) is 4.90 Å². The van der Waals surface area contributed by atoms with Crippen molar-refractivity contribution in [2.45, 2.75) is 24.8 Å². The number of sulfonamides is 1. The minimum absolute atomic E-state index is 0.0885. The van der Waals surface area contributed by atoms with Gasteiger partial charge in [0.15, 0.2) is 0 Å². The number of aliphatic hydroxyl groups is 1. The molecule has 0 saturated heterocycles. The molecule has 0 fully saturated rings. The fourth-order valence-corrected chi connectivity index (χ4v) is 2.81. The van der Waals surface area contributed by atoms with Gasteiger partial charge in [-0.3, -0.25) is 5.10 Å². The summed E-state index contributed by atoms with van der Waals surface area (Å²) < 4.78 is 25.2. The first-order chi connectivity index (χ1) is 7.00. The lowest BCUT2D eigenvalue weighted by Gasteiger charge is -2.24. The van der Waals surface area contributed by atoms with Crippen LogP contribution in [0.15, 0.2) is 17.3 Å². The van der Waals surface area contributed by atoms with Crippen molar-refractivity contribution in [3.8, 4) is 0 Å². The van der Waals surface area contributed by atoms with Crippen LogP contribution >= 0.6 is 0 Å². The third-order valence-corrected chi connectivity index (χ3v) is 4.02. The van der Waals surface area contributed by atoms with E-state index < -0.39 is 10.0 Å². The second-order valence-corrected chi connectivity index (χ2v) is 5.26. The van der Waals surface area contributed by atoms with Gasteiger partial charge in [-0.15, -0.1) is 0 Å². The largest absolute Gasteiger partial charge is 0.395 e. The molecule has 0 spiro atoms. The molecule has 0 saturated carbocycles. The molecule has 15 heavy (non-hydrogen) atoms. The van der Waals surface area contributed by atoms with Crippen LogP contribution in [0.2, 0.25) is 0 Å². The highest BCUT2D eigenvalue weighted by Gasteiger charge is 2.26. The first-order valence-corrected chi connectivity index (χ1v) is 6.05. The predicted octanol–water partition coefficient (Wildman–Crippen LogP) is -0.199. The molecular weight excluding hydrogens is 218 g/mol. The fourth-order valence-electron chi connectivity index (χ4n) is 1.27. The van der Waals surface area contributed by atoms with Crippen LogP contribution in [0.4, 0.5) is 0 Å². The summed E-state index contributed by atoms with van der Waals surface area (Å²) in [4.78, 5) is 0.115. The molecule has 0 atom stereocenters. The number of rotatable bonds is 5. The van der Waals surface area contributed by atoms with Gasteiger partial charge in [-0.25, -0.2) is 8.42 Å². The van der Waals surface area contributed by atoms with Gasteiger partial charge in [-0.1, -0.05) is 0 Å². The van der Waals surface area contributed by atoms with Gasteiger partial charge in [0.05, 0.1) is 12.8 Å². The van der Waals surface area contributed by atoms with Crippen molar-refractivity contribution in [2.75, 3.05) is 13.2 Å². The normalized spacial score (nSPS) is 12.6. The van der Waals surface area contributed by atoms with Crippen molar-refractivity contribution in [2.24, 2.45) is 0 Å². The monoisotopic (exact) mass is 233 g/mol. The number of hydrogen-bond acceptors (Lipinski definition) is 4. The summed E-state index contributed by atoms with van der Waals surface area (Å²) in [6, 6.07) is -0.197. The molecule has 6 nitrogen and oxygen atoms in total. The molecule has 1 rings (SSSR count). The molecule has 1 aromatic rings. The van der Waals surface area contributed by atoms with E-state index >= 15 is 0 Å². The lowest BCUT2D eigenvalue weighted by molar-refractivity contribution is 0.236. The lowest BCUT2D eigenvalue weighted by Crippen LogP contribution is -2.38. The standard InChI is InChI=1S/C8H15N3O3S/c1-7(2)11(3-4-12)15(13,14)8-5-9-10-6-8/h5-7,12H,3-4H2,1-2H3,(H,9,10). The number of hydrogen-bond donors (Lipinski definition) is 2. The smallest absolute Gasteiger partial charge is 0.246 e. The van der Waals surface area contributed by atoms with E-state index in [4.69, 9.17) is 5.11 Å². The van der Waals surface area contributed by atoms with Gasteiger partial charge >= 0.3 is 0 Å². The van der Waals surface area contributed by atoms with Crippen LogP contribution in [0.5, 0.6) is 0 Å². The van der Waals surface area contributed by atoms with Crippen molar-refractivity contribution >= 4 is 10.0 Å². The molecule has 0 radical (unpaired) electrons. The van der Waals surface area contributed by atoms with Gasteiger partial charge in [0.25, 0.3) is 0 Å². The van der Waals surface area contributed by atoms with Gasteiger partial charge in [-0.05, 0) is 13.8 Å². The summed E-state index contributed by atoms with van der Waals surface area (Å²) in [5.74, 6) is 0. The van der Waals surface area contributed by atoms with Crippen LogP contribution in [0.3, 0.4) is 0 Å². The Morgan fingerprint density at radius 1 is 1.60 bits per heavy atom. The Hall–Kier alpha value is -0.920. The Balaban J connectivity index is 3.02. The quantitative estimate of drug-likeness (QED) is 0.737. The predicted molar refractivity (Wildman–Crippen MR) is 54.7 cm³/mol. The highest BCUT2D eigenvalue weighted by Crippen LogP contribution is 2.15. The summed E-state index contributed by atoms with van der Waals surface area (Å²) in [5.41, 5.74) is 0. The van der Waals surface area contributed by atoms with Crippen LogP contribution in [-0.2, 0) is 10.0 Å². The SMILES string of the molecule is CC(C)N(CCO)S(=O)(=O)c1cn[nH]c1. The average molecular weight is 233 g/mol. The summed E-state index contributed by atoms with van der Waals surface area (Å²) in [6.07, 6.45) is 2.57. The molecule has 0 amide bonds. The molecule has 1 aromatic heterocycles. The molecule has 0 aliphatic carbocycles. The van der Waals surface area contributed by atoms with E-state index in [-0.39, 0.29) is 24.1 Å². The molecule has 0 unspecified atom stereocenters. The van der Waals surface area contributed by atoms with Gasteiger partial charge in [0.2, 0.25) is 10.0 Å². The number of aromatic amines is 1. The summed E-state index contributed by atoms with van der Waals surface area (Å²) >= 11 is 0. The second-order valence-electron chi connectivity index (χ2n) is 3.37. The summed E-state index contributed by atoms with van der Waals surface area (Å²) in [5, 5.41) is 14.9. The number of H-pyrrole nitrogens is 1. The maximum Gasteiger partial charge on any atom is 0.246 e. The number of aromatic nitrogens is 2. The molecule has 0 aromatic carbocycles. The Morgan fingerprint density at radius 3 is 2.67 bits per heavy atom. The van der Waals surface area contributed by atoms with Crippen LogP contribution in [-0.4, -0.2) is 47.2 Å². The molecule has 0 aliphatic heterocycles. The zero-order chi connectivity index (χ0) is 11.5. The van der Waals surface area contributed by atoms with Crippen molar-refractivity contribution in [1.29, 1.82) is 0 Å². The first kappa shape index (κ1) is 12.2. The molecule has 7 heteroatoms. The van der Waals surface area contributed by atoms with E-state index in [1.54, 1.807) is 13.8 Å². The van der Waals surface area contributed by atoms with Gasteiger partial charge < -0.3 is 5.11 Å². The van der Waals surface area contributed by atoms with Crippen LogP contribution < -0.4 is 0 Å². The minimum atomic E-state index is -3.54. The number of nitrogens with zero attached hydrogens (tertiary/aromatic N) is 2. The van der Waals surface area contributed by atoms with Crippen LogP contribution in [0, 0.1) is 0 Å². The van der Waals surface area contributed by atoms with Crippen LogP contribution in [0.25, 0.3) is 0 Å². The van der Waals surface area contributed by atoms with E-state index in [9.17, 15) is 8.42 Å². The Morgan fingerprint density at radius 2 is 2.27 bits per heavy atom. The third-order valence-electron chi connectivity index (χ3n) is 1.98. The molecular formula is C8H15N3O3S. The Labute approximate surface area is 89.0 Å². The lowest BCUT2D eigenvalue weighted by atomic mass is 10.4. The van der Waals surface area contributed by atoms with Gasteiger partial charge in [0, 0.05) is 18.8 Å². The highest BCUT2D eigenvalue weighted by atomic mass is 32.2. The third kappa shape index (κ3) is 2.55. The maximum atomic E-state index is 12.0. The van der Waals surface area contributed by atoms with E-state index in [1.165, 1.54) is 16.7 Å². The molecule has 0 bridgehead atoms. The van der Waals surface area contributed by atoms with E-state index in [0.29, 0.717) is 0 Å². The number of aliphatic hydroxyl groups excluding tert-OH is 1. The topological polar surface area (TPSA) is 86.3 Å². The number of nitrogens with one attached hydrogen (secondary N) is 1. The highest BCUT2D eigenvalue weighted by molar-refractivity contribution is 7.89. The van der Waals surface area contributed by atoms with E-state index in [2.05, 4.69) is 10.2 Å². The molecule has 2 N–H and O–H groups in total. The van der Waals surface area contributed by atoms with E-state index in [0.717, 1.165) is 0 Å². The van der Waals surface area contributed by atoms with Crippen molar-refractivity contribution in [3.05, 3.63) is 12.4 Å². The van der Waals surface area contributed by atoms with E-state index in [1.807, 2.05) is 0 Å². The van der Waals surface area contributed by atoms with Crippen molar-refractivity contribution in [3.63, 3.8) is 0 Å². The summed E-state index contributed by atoms with van der Waals surface area (Å²) in [7, 11) is -3.54. The first-order valence-electron chi connectivity index (χ1n) is 4.61.